The third kappa shape index (κ3) is 1.95. The van der Waals surface area contributed by atoms with Crippen LogP contribution in [-0.4, -0.2) is 14.9 Å². The zero-order valence-corrected chi connectivity index (χ0v) is 8.61. The number of aliphatic hydroxyl groups is 1. The van der Waals surface area contributed by atoms with Crippen molar-refractivity contribution in [3.8, 4) is 11.8 Å². The molecule has 4 nitrogen and oxygen atoms in total. The molecule has 1 aromatic heterocycles. The lowest BCUT2D eigenvalue weighted by Gasteiger charge is -2.12. The van der Waals surface area contributed by atoms with Crippen LogP contribution in [0.5, 0.6) is 0 Å². The van der Waals surface area contributed by atoms with Gasteiger partial charge in [0.05, 0.1) is 24.3 Å². The van der Waals surface area contributed by atoms with Crippen molar-refractivity contribution >= 4 is 0 Å². The molecule has 0 amide bonds. The molecule has 0 saturated carbocycles. The smallest absolute Gasteiger partial charge is 0.0940 e. The summed E-state index contributed by atoms with van der Waals surface area (Å²) < 4.78 is 1.68. The Kier molecular flexibility index (Phi) is 2.99. The molecule has 0 bridgehead atoms. The maximum absolute atomic E-state index is 9.84. The standard InChI is InChI=1S/C12H11N3O/c13-7-6-12(16)10-4-1-2-5-11(10)15-9-3-8-14-15/h1-5,8-9,12,16H,6H2. The molecule has 2 rings (SSSR count). The van der Waals surface area contributed by atoms with Crippen molar-refractivity contribution in [2.75, 3.05) is 0 Å². The fourth-order valence-corrected chi connectivity index (χ4v) is 1.59. The van der Waals surface area contributed by atoms with Crippen molar-refractivity contribution in [3.05, 3.63) is 48.3 Å². The third-order valence-electron chi connectivity index (χ3n) is 2.33. The van der Waals surface area contributed by atoms with Gasteiger partial charge in [0.25, 0.3) is 0 Å². The highest BCUT2D eigenvalue weighted by atomic mass is 16.3. The van der Waals surface area contributed by atoms with E-state index in [0.29, 0.717) is 5.56 Å². The summed E-state index contributed by atoms with van der Waals surface area (Å²) in [5.41, 5.74) is 1.52. The van der Waals surface area contributed by atoms with Crippen LogP contribution in [0.25, 0.3) is 5.69 Å². The Morgan fingerprint density at radius 2 is 2.19 bits per heavy atom. The topological polar surface area (TPSA) is 61.8 Å². The second kappa shape index (κ2) is 4.60. The summed E-state index contributed by atoms with van der Waals surface area (Å²) in [4.78, 5) is 0. The van der Waals surface area contributed by atoms with Gasteiger partial charge in [-0.25, -0.2) is 4.68 Å². The van der Waals surface area contributed by atoms with Crippen LogP contribution in [0.2, 0.25) is 0 Å². The van der Waals surface area contributed by atoms with Crippen LogP contribution in [0.3, 0.4) is 0 Å². The van der Waals surface area contributed by atoms with Crippen LogP contribution >= 0.6 is 0 Å². The van der Waals surface area contributed by atoms with Crippen LogP contribution in [-0.2, 0) is 0 Å². The predicted octanol–water partition coefficient (Wildman–Crippen LogP) is 1.82. The van der Waals surface area contributed by atoms with Crippen molar-refractivity contribution in [1.29, 1.82) is 5.26 Å². The Morgan fingerprint density at radius 1 is 1.38 bits per heavy atom. The van der Waals surface area contributed by atoms with Crippen LogP contribution in [0.4, 0.5) is 0 Å². The SMILES string of the molecule is N#CCC(O)c1ccccc1-n1cccn1. The molecule has 4 heteroatoms. The normalized spacial score (nSPS) is 12.0. The van der Waals surface area contributed by atoms with E-state index in [1.54, 1.807) is 23.1 Å². The van der Waals surface area contributed by atoms with Gasteiger partial charge in [-0.3, -0.25) is 0 Å². The molecule has 1 unspecified atom stereocenters. The number of aliphatic hydroxyl groups excluding tert-OH is 1. The molecule has 16 heavy (non-hydrogen) atoms. The van der Waals surface area contributed by atoms with Gasteiger partial charge in [0, 0.05) is 18.0 Å². The second-order valence-electron chi connectivity index (χ2n) is 3.39. The molecule has 80 valence electrons. The molecule has 0 radical (unpaired) electrons. The van der Waals surface area contributed by atoms with E-state index in [1.165, 1.54) is 0 Å². The number of hydrogen-bond acceptors (Lipinski definition) is 3. The Labute approximate surface area is 93.4 Å². The maximum Gasteiger partial charge on any atom is 0.0940 e. The van der Waals surface area contributed by atoms with E-state index < -0.39 is 6.10 Å². The Bertz CT molecular complexity index is 499. The second-order valence-corrected chi connectivity index (χ2v) is 3.39. The van der Waals surface area contributed by atoms with Crippen LogP contribution in [0, 0.1) is 11.3 Å². The first kappa shape index (κ1) is 10.4. The molecule has 1 heterocycles. The summed E-state index contributed by atoms with van der Waals surface area (Å²) >= 11 is 0. The van der Waals surface area contributed by atoms with Gasteiger partial charge in [0.1, 0.15) is 0 Å². The molecule has 1 N–H and O–H groups in total. The third-order valence-corrected chi connectivity index (χ3v) is 2.33. The molecular weight excluding hydrogens is 202 g/mol. The van der Waals surface area contributed by atoms with Crippen molar-refractivity contribution in [2.24, 2.45) is 0 Å². The summed E-state index contributed by atoms with van der Waals surface area (Å²) in [6.45, 7) is 0. The Balaban J connectivity index is 2.43. The number of rotatable bonds is 3. The fourth-order valence-electron chi connectivity index (χ4n) is 1.59. The first-order valence-corrected chi connectivity index (χ1v) is 4.97. The summed E-state index contributed by atoms with van der Waals surface area (Å²) in [5.74, 6) is 0. The van der Waals surface area contributed by atoms with E-state index in [0.717, 1.165) is 5.69 Å². The minimum Gasteiger partial charge on any atom is -0.387 e. The van der Waals surface area contributed by atoms with Crippen molar-refractivity contribution in [1.82, 2.24) is 9.78 Å². The molecule has 0 fully saturated rings. The molecule has 2 aromatic rings. The summed E-state index contributed by atoms with van der Waals surface area (Å²) in [6.07, 6.45) is 2.79. The summed E-state index contributed by atoms with van der Waals surface area (Å²) in [5, 5.41) is 22.5. The number of aromatic nitrogens is 2. The molecule has 0 aliphatic heterocycles. The Morgan fingerprint density at radius 3 is 2.88 bits per heavy atom. The first-order chi connectivity index (χ1) is 7.83. The molecule has 1 atom stereocenters. The Hall–Kier alpha value is -2.12. The molecule has 0 aliphatic rings. The van der Waals surface area contributed by atoms with Gasteiger partial charge in [-0.1, -0.05) is 18.2 Å². The lowest BCUT2D eigenvalue weighted by atomic mass is 10.1. The lowest BCUT2D eigenvalue weighted by molar-refractivity contribution is 0.183. The van der Waals surface area contributed by atoms with Gasteiger partial charge in [-0.05, 0) is 12.1 Å². The molecule has 0 saturated heterocycles. The van der Waals surface area contributed by atoms with Crippen molar-refractivity contribution < 1.29 is 5.11 Å². The van der Waals surface area contributed by atoms with E-state index in [2.05, 4.69) is 5.10 Å². The number of nitriles is 1. The van der Waals surface area contributed by atoms with Gasteiger partial charge in [-0.2, -0.15) is 10.4 Å². The number of benzene rings is 1. The highest BCUT2D eigenvalue weighted by molar-refractivity contribution is 5.41. The largest absolute Gasteiger partial charge is 0.387 e. The van der Waals surface area contributed by atoms with E-state index in [9.17, 15) is 5.11 Å². The minimum atomic E-state index is -0.773. The predicted molar refractivity (Wildman–Crippen MR) is 58.8 cm³/mol. The monoisotopic (exact) mass is 213 g/mol. The highest BCUT2D eigenvalue weighted by Gasteiger charge is 2.12. The van der Waals surface area contributed by atoms with E-state index in [-0.39, 0.29) is 6.42 Å². The number of hydrogen-bond donors (Lipinski definition) is 1. The van der Waals surface area contributed by atoms with Gasteiger partial charge >= 0.3 is 0 Å². The van der Waals surface area contributed by atoms with Gasteiger partial charge in [0.2, 0.25) is 0 Å². The van der Waals surface area contributed by atoms with Gasteiger partial charge in [-0.15, -0.1) is 0 Å². The van der Waals surface area contributed by atoms with Gasteiger partial charge in [0.15, 0.2) is 0 Å². The van der Waals surface area contributed by atoms with Crippen molar-refractivity contribution in [3.63, 3.8) is 0 Å². The van der Waals surface area contributed by atoms with E-state index in [4.69, 9.17) is 5.26 Å². The first-order valence-electron chi connectivity index (χ1n) is 4.97. The molecule has 0 aliphatic carbocycles. The highest BCUT2D eigenvalue weighted by Crippen LogP contribution is 2.22. The van der Waals surface area contributed by atoms with E-state index in [1.807, 2.05) is 30.3 Å². The maximum atomic E-state index is 9.84. The quantitative estimate of drug-likeness (QED) is 0.845. The van der Waals surface area contributed by atoms with Crippen molar-refractivity contribution in [2.45, 2.75) is 12.5 Å². The van der Waals surface area contributed by atoms with E-state index >= 15 is 0 Å². The van der Waals surface area contributed by atoms with Crippen LogP contribution < -0.4 is 0 Å². The average molecular weight is 213 g/mol. The van der Waals surface area contributed by atoms with Gasteiger partial charge < -0.3 is 5.11 Å². The summed E-state index contributed by atoms with van der Waals surface area (Å²) in [7, 11) is 0. The zero-order valence-electron chi connectivity index (χ0n) is 8.61. The molecule has 0 spiro atoms. The minimum absolute atomic E-state index is 0.0816. The fraction of sp³-hybridized carbons (Fsp3) is 0.167. The molecule has 1 aromatic carbocycles. The number of nitrogens with zero attached hydrogens (tertiary/aromatic N) is 3. The lowest BCUT2D eigenvalue weighted by Crippen LogP contribution is -2.04. The van der Waals surface area contributed by atoms with Crippen LogP contribution in [0.1, 0.15) is 18.1 Å². The average Bonchev–Trinajstić information content (AvgIpc) is 2.83. The van der Waals surface area contributed by atoms with Crippen LogP contribution in [0.15, 0.2) is 42.7 Å². The summed E-state index contributed by atoms with van der Waals surface area (Å²) in [6, 6.07) is 11.2. The molecular formula is C12H11N3O. The number of para-hydroxylation sites is 1. The zero-order chi connectivity index (χ0) is 11.4.